The molecule has 0 unspecified atom stereocenters. The molecule has 3 aliphatic rings. The van der Waals surface area contributed by atoms with Gasteiger partial charge in [0.15, 0.2) is 28.7 Å². The molecule has 0 radical (unpaired) electrons. The number of aromatic hydroxyl groups is 1. The van der Waals surface area contributed by atoms with E-state index < -0.39 is 116 Å². The van der Waals surface area contributed by atoms with Gasteiger partial charge in [0.2, 0.25) is 24.2 Å². The van der Waals surface area contributed by atoms with Gasteiger partial charge < -0.3 is 100 Å². The Morgan fingerprint density at radius 1 is 0.988 bits per heavy atom. The van der Waals surface area contributed by atoms with Crippen LogP contribution >= 0.6 is 0 Å². The number of aliphatic hydroxyl groups excluding tert-OH is 5. The molecule has 13 atom stereocenters. The maximum atomic E-state index is 14.6. The highest BCUT2D eigenvalue weighted by molar-refractivity contribution is 5.98. The number of carboxylic acids is 1. The molecule has 3 fully saturated rings. The predicted octanol–water partition coefficient (Wildman–Crippen LogP) is 0.786. The van der Waals surface area contributed by atoms with Gasteiger partial charge in [-0.15, -0.1) is 0 Å². The van der Waals surface area contributed by atoms with Crippen LogP contribution in [0.2, 0.25) is 0 Å². The summed E-state index contributed by atoms with van der Waals surface area (Å²) in [5.41, 5.74) is -0.568. The van der Waals surface area contributed by atoms with Crippen molar-refractivity contribution in [2.75, 3.05) is 33.0 Å². The van der Waals surface area contributed by atoms with E-state index in [0.29, 0.717) is 53.1 Å². The standard InChI is InChI=1S/C60H73N7O19/c1-32-22-33(2)24-38(23-32)50-48-36(17-19-63-48)26-67(50)86-52-55(83-40-14-15-41-45(25-40)82-29-42(51(41)76)34-9-12-39(74)13-10-34)84-56(58(80,30-72)60(52,81)46(75)8-4-20-68)59(31-73,85-54(79)49(53(77)78)62-18-5-21-69)66-57(61)65-44(28-71)43-16-11-35-6-3-7-37(27-70)47(35)64-43/h9-10,12-15,17,19,21-26,28-29,35,37,43-44,46-47,49,52,55-56,62-64,68,70,72-75,80-81H,3-8,11,16,18,20,27,30-31H2,1-2H3,(H,77,78)(H3,61,65,66)/t35-,37-,43+,44-,46+,47+,49+,52+,55-,56+,58-,59+,60-/m0/s1. The number of nitrogens with zero attached hydrogens (tertiary/aromatic N) is 2. The fourth-order valence-corrected chi connectivity index (χ4v) is 12.5. The van der Waals surface area contributed by atoms with Crippen LogP contribution in [-0.4, -0.2) is 185 Å². The lowest BCUT2D eigenvalue weighted by molar-refractivity contribution is -0.400. The minimum atomic E-state index is -3.54. The number of fused-ring (bicyclic) bond motifs is 3. The normalized spacial score (nSPS) is 26.0. The summed E-state index contributed by atoms with van der Waals surface area (Å²) in [7, 11) is 0. The van der Waals surface area contributed by atoms with Gasteiger partial charge >= 0.3 is 11.9 Å². The topological polar surface area (TPSA) is 413 Å². The number of aliphatic imine (C=N–C) groups is 1. The molecular weight excluding hydrogens is 1120 g/mol. The predicted molar refractivity (Wildman–Crippen MR) is 308 cm³/mol. The van der Waals surface area contributed by atoms with E-state index in [-0.39, 0.29) is 65.4 Å². The number of H-pyrrole nitrogens is 1. The quantitative estimate of drug-likeness (QED) is 0.00716. The Kier molecular flexibility index (Phi) is 19.3. The van der Waals surface area contributed by atoms with Crippen LogP contribution in [0, 0.1) is 25.7 Å². The number of nitrogens with one attached hydrogen (secondary N) is 4. The number of hydrogen-bond acceptors (Lipinski definition) is 21. The number of carbonyl (C=O) groups excluding carboxylic acids is 3. The second kappa shape index (κ2) is 26.5. The Morgan fingerprint density at radius 3 is 2.42 bits per heavy atom. The number of benzene rings is 3. The van der Waals surface area contributed by atoms with E-state index in [2.05, 4.69) is 25.9 Å². The summed E-state index contributed by atoms with van der Waals surface area (Å²) in [6.45, 7) is -0.694. The first-order valence-corrected chi connectivity index (χ1v) is 28.4. The second-order valence-electron chi connectivity index (χ2n) is 22.4. The second-order valence-corrected chi connectivity index (χ2v) is 22.4. The maximum absolute atomic E-state index is 14.6. The molecule has 3 aromatic heterocycles. The zero-order valence-electron chi connectivity index (χ0n) is 47.3. The molecule has 26 nitrogen and oxygen atoms in total. The number of ether oxygens (including phenoxy) is 3. The number of aliphatic carboxylic acids is 1. The number of guanidine groups is 1. The van der Waals surface area contributed by atoms with E-state index in [1.165, 1.54) is 59.7 Å². The van der Waals surface area contributed by atoms with Crippen LogP contribution in [0.15, 0.2) is 99.6 Å². The molecular formula is C60H73N7O19. The van der Waals surface area contributed by atoms with Gasteiger partial charge in [-0.1, -0.05) is 35.7 Å². The molecule has 1 aliphatic carbocycles. The zero-order chi connectivity index (χ0) is 61.7. The molecule has 26 heteroatoms. The molecule has 0 bridgehead atoms. The van der Waals surface area contributed by atoms with Crippen LogP contribution in [0.1, 0.15) is 62.5 Å². The molecule has 3 aromatic carbocycles. The first kappa shape index (κ1) is 62.8. The van der Waals surface area contributed by atoms with E-state index in [1.54, 1.807) is 12.3 Å². The van der Waals surface area contributed by atoms with Gasteiger partial charge in [0.05, 0.1) is 35.4 Å². The summed E-state index contributed by atoms with van der Waals surface area (Å²) >= 11 is 0. The van der Waals surface area contributed by atoms with E-state index in [1.807, 2.05) is 32.0 Å². The third-order valence-electron chi connectivity index (χ3n) is 16.7. The van der Waals surface area contributed by atoms with E-state index in [0.717, 1.165) is 30.4 Å². The summed E-state index contributed by atoms with van der Waals surface area (Å²) in [4.78, 5) is 80.3. The van der Waals surface area contributed by atoms with E-state index in [4.69, 9.17) is 29.2 Å². The summed E-state index contributed by atoms with van der Waals surface area (Å²) in [5.74, 6) is -4.66. The van der Waals surface area contributed by atoms with Crippen molar-refractivity contribution in [3.8, 4) is 33.9 Å². The molecule has 0 spiro atoms. The van der Waals surface area contributed by atoms with Crippen molar-refractivity contribution < 1.29 is 88.6 Å². The number of phenols is 1. The van der Waals surface area contributed by atoms with Crippen molar-refractivity contribution in [3.63, 3.8) is 0 Å². The molecule has 86 heavy (non-hydrogen) atoms. The number of nitrogens with two attached hydrogens (primary N) is 1. The minimum absolute atomic E-state index is 0.0352. The molecule has 5 heterocycles. The number of aryl methyl sites for hydroxylation is 2. The lowest BCUT2D eigenvalue weighted by Gasteiger charge is -2.59. The average molecular weight is 1200 g/mol. The van der Waals surface area contributed by atoms with Crippen molar-refractivity contribution in [2.24, 2.45) is 22.6 Å². The summed E-state index contributed by atoms with van der Waals surface area (Å²) in [6.07, 6.45) is -1.98. The molecule has 2 aliphatic heterocycles. The fourth-order valence-electron chi connectivity index (χ4n) is 12.5. The number of piperidine rings is 1. The Morgan fingerprint density at radius 2 is 1.74 bits per heavy atom. The number of aliphatic hydroxyl groups is 7. The Hall–Kier alpha value is -7.76. The number of carboxylic acid groups (broad SMARTS) is 1. The van der Waals surface area contributed by atoms with Crippen LogP contribution < -0.4 is 36.7 Å². The van der Waals surface area contributed by atoms with Gasteiger partial charge in [-0.05, 0) is 112 Å². The first-order chi connectivity index (χ1) is 41.3. The number of aromatic nitrogens is 2. The lowest BCUT2D eigenvalue weighted by atomic mass is 9.66. The molecule has 2 saturated heterocycles. The van der Waals surface area contributed by atoms with Gasteiger partial charge in [-0.2, -0.15) is 4.73 Å². The summed E-state index contributed by atoms with van der Waals surface area (Å²) in [6, 6.07) is 12.4. The third kappa shape index (κ3) is 12.3. The van der Waals surface area contributed by atoms with E-state index >= 15 is 0 Å². The molecule has 0 amide bonds. The lowest BCUT2D eigenvalue weighted by Crippen LogP contribution is -2.86. The number of aldehydes is 2. The Balaban J connectivity index is 1.23. The summed E-state index contributed by atoms with van der Waals surface area (Å²) in [5, 5.41) is 114. The Bertz CT molecular complexity index is 3450. The van der Waals surface area contributed by atoms with Crippen molar-refractivity contribution in [1.29, 1.82) is 0 Å². The molecule has 462 valence electrons. The first-order valence-electron chi connectivity index (χ1n) is 28.4. The van der Waals surface area contributed by atoms with Crippen LogP contribution in [0.3, 0.4) is 0 Å². The molecule has 9 rings (SSSR count). The number of esters is 1. The average Bonchev–Trinajstić information content (AvgIpc) is 0.889. The highest BCUT2D eigenvalue weighted by Crippen LogP contribution is 2.48. The number of hydrogen-bond donors (Lipinski definition) is 14. The maximum Gasteiger partial charge on any atom is 0.337 e. The van der Waals surface area contributed by atoms with Crippen molar-refractivity contribution in [1.82, 2.24) is 25.7 Å². The SMILES string of the molecule is Cc1cc(C)cc(-c2c3[nH]ccc3cn2O[C@@H]2[C@@H](Oc3ccc4c(=O)c(-c5ccc(O)cc5)coc4c3)O[C@@H]([C@](CO)(NC(N)=N[C@@H](C=O)[C@H]3CC[C@@H]4CCC[C@@H](CO)[C@@H]4N3)OC(=O)[C@H](NCCC=O)C(=O)O)[C@@](O)(CO)[C@]2(O)[C@H](O)CCCO)c1. The summed E-state index contributed by atoms with van der Waals surface area (Å²) < 4.78 is 26.4. The number of aromatic amines is 1. The largest absolute Gasteiger partial charge is 0.508 e. The van der Waals surface area contributed by atoms with Crippen LogP contribution in [-0.2, 0) is 28.7 Å². The van der Waals surface area contributed by atoms with Crippen LogP contribution in [0.4, 0.5) is 0 Å². The van der Waals surface area contributed by atoms with Gasteiger partial charge in [0.25, 0.3) is 0 Å². The monoisotopic (exact) mass is 1200 g/mol. The van der Waals surface area contributed by atoms with Gasteiger partial charge in [-0.25, -0.2) is 14.6 Å². The third-order valence-corrected chi connectivity index (χ3v) is 16.7. The smallest absolute Gasteiger partial charge is 0.337 e. The van der Waals surface area contributed by atoms with E-state index in [9.17, 15) is 69.9 Å². The molecule has 1 saturated carbocycles. The number of carbonyl (C=O) groups is 4. The number of phenolic OH excluding ortho intramolecular Hbond substituents is 1. The van der Waals surface area contributed by atoms with Gasteiger partial charge in [0, 0.05) is 61.5 Å². The van der Waals surface area contributed by atoms with Crippen LogP contribution in [0.25, 0.3) is 44.3 Å². The zero-order valence-corrected chi connectivity index (χ0v) is 47.3. The van der Waals surface area contributed by atoms with Gasteiger partial charge in [0.1, 0.15) is 54.3 Å². The molecule has 6 aromatic rings. The van der Waals surface area contributed by atoms with Crippen molar-refractivity contribution in [3.05, 3.63) is 107 Å². The van der Waals surface area contributed by atoms with Crippen molar-refractivity contribution >= 4 is 52.3 Å². The molecule has 15 N–H and O–H groups in total. The van der Waals surface area contributed by atoms with Crippen molar-refractivity contribution in [2.45, 2.75) is 131 Å². The fraction of sp³-hybridized carbons (Fsp3) is 0.467. The minimum Gasteiger partial charge on any atom is -0.508 e. The number of rotatable bonds is 25. The highest BCUT2D eigenvalue weighted by atomic mass is 16.8. The Labute approximate surface area is 492 Å². The van der Waals surface area contributed by atoms with Crippen LogP contribution in [0.5, 0.6) is 11.5 Å². The van der Waals surface area contributed by atoms with Gasteiger partial charge in [-0.3, -0.25) is 10.1 Å². The highest BCUT2D eigenvalue weighted by Gasteiger charge is 2.75.